The number of hydrogen-bond donors (Lipinski definition) is 10. The maximum Gasteiger partial charge on any atom is 0.341 e. The number of rotatable bonds is 17. The number of nitrogens with two attached hydrogens (primary N) is 4. The molecule has 0 aliphatic carbocycles. The largest absolute Gasteiger partial charge is 0.480 e. The summed E-state index contributed by atoms with van der Waals surface area (Å²) in [6, 6.07) is -3.33. The van der Waals surface area contributed by atoms with Crippen molar-refractivity contribution in [1.29, 1.82) is 0 Å². The van der Waals surface area contributed by atoms with Gasteiger partial charge in [0.2, 0.25) is 11.8 Å². The molecule has 0 fully saturated rings. The summed E-state index contributed by atoms with van der Waals surface area (Å²) in [6.45, 7) is 1.57. The molecular weight excluding hydrogens is 497 g/mol. The Bertz CT molecular complexity index is 881. The number of hydrogen-bond acceptors (Lipinski definition) is 8. The van der Waals surface area contributed by atoms with E-state index in [-0.39, 0.29) is 31.8 Å². The Hall–Kier alpha value is -2.34. The van der Waals surface area contributed by atoms with Crippen LogP contribution in [0.3, 0.4) is 0 Å². The number of guanidine groups is 1. The normalized spacial score (nSPS) is 15.9. The summed E-state index contributed by atoms with van der Waals surface area (Å²) in [5.74, 6) is -2.73. The lowest BCUT2D eigenvalue weighted by atomic mass is 10.1. The number of carboxylic acids is 1. The summed E-state index contributed by atoms with van der Waals surface area (Å²) < 4.78 is 42.9. The third kappa shape index (κ3) is 15.5. The lowest BCUT2D eigenvalue weighted by molar-refractivity contribution is -0.142. The Kier molecular flexibility index (Phi) is 13.8. The van der Waals surface area contributed by atoms with Crippen LogP contribution >= 0.6 is 7.59 Å². The first-order valence-corrected chi connectivity index (χ1v) is 13.3. The Morgan fingerprint density at radius 3 is 2.21 bits per heavy atom. The number of aliphatic imine (C=N–C) groups is 1. The molecule has 0 aromatic rings. The van der Waals surface area contributed by atoms with Crippen LogP contribution in [0.2, 0.25) is 0 Å². The zero-order chi connectivity index (χ0) is 26.5. The highest BCUT2D eigenvalue weighted by atomic mass is 32.2. The van der Waals surface area contributed by atoms with Crippen molar-refractivity contribution in [1.82, 2.24) is 20.2 Å². The van der Waals surface area contributed by atoms with Gasteiger partial charge in [-0.15, -0.1) is 4.49 Å². The van der Waals surface area contributed by atoms with Gasteiger partial charge in [-0.1, -0.05) is 0 Å². The minimum atomic E-state index is -4.77. The lowest BCUT2D eigenvalue weighted by Crippen LogP contribution is -2.53. The van der Waals surface area contributed by atoms with Crippen LogP contribution in [-0.4, -0.2) is 73.0 Å². The molecule has 0 aliphatic heterocycles. The van der Waals surface area contributed by atoms with E-state index >= 15 is 0 Å². The predicted octanol–water partition coefficient (Wildman–Crippen LogP) is -3.34. The van der Waals surface area contributed by atoms with Crippen LogP contribution in [0.5, 0.6) is 0 Å². The minimum Gasteiger partial charge on any atom is -0.480 e. The summed E-state index contributed by atoms with van der Waals surface area (Å²) in [6.07, 6.45) is 1.27. The maximum absolute atomic E-state index is 12.3. The lowest BCUT2D eigenvalue weighted by Gasteiger charge is -2.20. The molecule has 198 valence electrons. The summed E-state index contributed by atoms with van der Waals surface area (Å²) in [5, 5.41) is 16.2. The average Bonchev–Trinajstić information content (AvgIpc) is 2.67. The maximum atomic E-state index is 12.3. The van der Waals surface area contributed by atoms with Gasteiger partial charge in [-0.25, -0.2) is 9.88 Å². The topological polar surface area (TPSA) is 307 Å². The molecule has 0 aliphatic rings. The van der Waals surface area contributed by atoms with Crippen molar-refractivity contribution in [3.8, 4) is 0 Å². The van der Waals surface area contributed by atoms with Gasteiger partial charge in [0.05, 0.1) is 6.04 Å². The van der Waals surface area contributed by atoms with Gasteiger partial charge in [0.15, 0.2) is 5.96 Å². The third-order valence-electron chi connectivity index (χ3n) is 4.19. The number of amides is 2. The Labute approximate surface area is 197 Å². The summed E-state index contributed by atoms with van der Waals surface area (Å²) >= 11 is 0. The molecule has 0 spiro atoms. The van der Waals surface area contributed by atoms with Crippen LogP contribution in [0.25, 0.3) is 0 Å². The first-order chi connectivity index (χ1) is 15.5. The predicted molar refractivity (Wildman–Crippen MR) is 123 cm³/mol. The molecule has 0 saturated carbocycles. The SMILES string of the molecule is C[C@@H](NC(=O)[C@@H](N)CCCN[P@](N)(=O)NS(=O)(=O)O)C(=O)N[C@@H](CCCCN=C(N)N)C(=O)O. The van der Waals surface area contributed by atoms with Gasteiger partial charge >= 0.3 is 16.3 Å². The van der Waals surface area contributed by atoms with Gasteiger partial charge in [-0.05, 0) is 39.0 Å². The molecule has 17 nitrogen and oxygen atoms in total. The molecule has 0 heterocycles. The molecule has 14 N–H and O–H groups in total. The van der Waals surface area contributed by atoms with E-state index in [1.54, 1.807) is 0 Å². The molecule has 4 atom stereocenters. The highest BCUT2D eigenvalue weighted by Gasteiger charge is 2.25. The second-order valence-electron chi connectivity index (χ2n) is 7.31. The van der Waals surface area contributed by atoms with E-state index < -0.39 is 53.8 Å². The monoisotopic (exact) mass is 531 g/mol. The molecule has 0 saturated heterocycles. The van der Waals surface area contributed by atoms with Gasteiger partial charge < -0.3 is 32.9 Å². The summed E-state index contributed by atoms with van der Waals surface area (Å²) in [5.41, 5.74) is 21.3. The highest BCUT2D eigenvalue weighted by Crippen LogP contribution is 2.25. The van der Waals surface area contributed by atoms with E-state index in [4.69, 9.17) is 27.3 Å². The molecule has 0 bridgehead atoms. The van der Waals surface area contributed by atoms with Gasteiger partial charge in [0.1, 0.15) is 12.1 Å². The van der Waals surface area contributed by atoms with Gasteiger partial charge in [-0.2, -0.15) is 8.42 Å². The standard InChI is InChI=1S/C15H34N9O8PS/c1-9(12(25)23-11(14(27)28)6-2-3-7-20-15(17)18)22-13(26)10(16)5-4-8-21-33(19,29)24-34(30,31)32/h9-11H,2-8,16H2,1H3,(H,22,26)(H,23,25)(H,27,28)(H4,17,18,20)(H,30,31,32)(H4,19,21,24,29)/t9-,10+,11+,33+/m1/s1. The highest BCUT2D eigenvalue weighted by molar-refractivity contribution is 7.90. The fourth-order valence-corrected chi connectivity index (χ4v) is 4.63. The molecular formula is C15H34N9O8PS. The zero-order valence-electron chi connectivity index (χ0n) is 18.6. The van der Waals surface area contributed by atoms with Gasteiger partial charge in [0.25, 0.3) is 7.59 Å². The van der Waals surface area contributed by atoms with Crippen LogP contribution in [0.15, 0.2) is 4.99 Å². The second-order valence-corrected chi connectivity index (χ2v) is 10.6. The number of nitrogens with zero attached hydrogens (tertiary/aromatic N) is 1. The summed E-state index contributed by atoms with van der Waals surface area (Å²) in [4.78, 5) is 39.6. The van der Waals surface area contributed by atoms with E-state index in [1.165, 1.54) is 11.4 Å². The van der Waals surface area contributed by atoms with Crippen LogP contribution in [0.1, 0.15) is 39.0 Å². The van der Waals surface area contributed by atoms with Gasteiger partial charge in [-0.3, -0.25) is 29.2 Å². The van der Waals surface area contributed by atoms with E-state index in [1.807, 2.05) is 0 Å². The quantitative estimate of drug-likeness (QED) is 0.0289. The van der Waals surface area contributed by atoms with E-state index in [9.17, 15) is 32.5 Å². The first kappa shape index (κ1) is 31.7. The van der Waals surface area contributed by atoms with Crippen LogP contribution in [-0.2, 0) is 29.3 Å². The van der Waals surface area contributed by atoms with Crippen molar-refractivity contribution in [2.75, 3.05) is 13.1 Å². The molecule has 0 rings (SSSR count). The number of carboxylic acid groups (broad SMARTS) is 1. The van der Waals surface area contributed by atoms with E-state index in [0.29, 0.717) is 19.4 Å². The van der Waals surface area contributed by atoms with Crippen LogP contribution in [0, 0.1) is 0 Å². The molecule has 0 aromatic heterocycles. The Morgan fingerprint density at radius 1 is 1.06 bits per heavy atom. The van der Waals surface area contributed by atoms with E-state index in [0.717, 1.165) is 0 Å². The smallest absolute Gasteiger partial charge is 0.341 e. The first-order valence-electron chi connectivity index (χ1n) is 10.1. The number of nitrogens with one attached hydrogen (secondary N) is 4. The Morgan fingerprint density at radius 2 is 1.68 bits per heavy atom. The fraction of sp³-hybridized carbons (Fsp3) is 0.733. The molecule has 19 heteroatoms. The second kappa shape index (κ2) is 14.8. The molecule has 0 aromatic carbocycles. The molecule has 34 heavy (non-hydrogen) atoms. The summed E-state index contributed by atoms with van der Waals surface area (Å²) in [7, 11) is -8.84. The van der Waals surface area contributed by atoms with Crippen molar-refractivity contribution >= 4 is 41.6 Å². The molecule has 0 unspecified atom stereocenters. The van der Waals surface area contributed by atoms with Crippen molar-refractivity contribution < 1.29 is 37.0 Å². The third-order valence-corrected chi connectivity index (χ3v) is 6.89. The fourth-order valence-electron chi connectivity index (χ4n) is 2.51. The van der Waals surface area contributed by atoms with Crippen molar-refractivity contribution in [3.05, 3.63) is 0 Å². The minimum absolute atomic E-state index is 0.0482. The van der Waals surface area contributed by atoms with Crippen molar-refractivity contribution in [3.63, 3.8) is 0 Å². The Balaban J connectivity index is 4.47. The number of carbonyl (C=O) groups is 3. The molecule has 0 radical (unpaired) electrons. The molecule has 2 amide bonds. The van der Waals surface area contributed by atoms with Crippen molar-refractivity contribution in [2.24, 2.45) is 27.7 Å². The number of aliphatic carboxylic acids is 1. The van der Waals surface area contributed by atoms with Crippen molar-refractivity contribution in [2.45, 2.75) is 57.2 Å². The van der Waals surface area contributed by atoms with Crippen LogP contribution < -0.4 is 42.9 Å². The van der Waals surface area contributed by atoms with Gasteiger partial charge in [0, 0.05) is 13.1 Å². The number of carbonyl (C=O) groups excluding carboxylic acids is 2. The van der Waals surface area contributed by atoms with Crippen LogP contribution in [0.4, 0.5) is 0 Å². The zero-order valence-corrected chi connectivity index (χ0v) is 20.3. The van der Waals surface area contributed by atoms with E-state index in [2.05, 4.69) is 20.7 Å². The number of unbranched alkanes of at least 4 members (excludes halogenated alkanes) is 1. The average molecular weight is 532 g/mol.